The second-order valence-corrected chi connectivity index (χ2v) is 6.70. The molecule has 1 aromatic carbocycles. The lowest BCUT2D eigenvalue weighted by Crippen LogP contribution is -2.13. The fraction of sp³-hybridized carbons (Fsp3) is 0.0500. The number of nitrogens with zero attached hydrogens (tertiary/aromatic N) is 2. The van der Waals surface area contributed by atoms with Crippen molar-refractivity contribution in [1.82, 2.24) is 15.0 Å². The van der Waals surface area contributed by atoms with Crippen molar-refractivity contribution < 1.29 is 4.79 Å². The zero-order valence-corrected chi connectivity index (χ0v) is 14.7. The molecule has 4 rings (SSSR count). The number of aromatic amines is 1. The van der Waals surface area contributed by atoms with Crippen molar-refractivity contribution in [1.29, 1.82) is 0 Å². The quantitative estimate of drug-likeness (QED) is 0.514. The molecule has 128 valence electrons. The molecule has 3 heterocycles. The minimum absolute atomic E-state index is 0.166. The average Bonchev–Trinajstić information content (AvgIpc) is 3.15. The summed E-state index contributed by atoms with van der Waals surface area (Å²) < 4.78 is 0. The maximum absolute atomic E-state index is 12.7. The summed E-state index contributed by atoms with van der Waals surface area (Å²) in [5.41, 5.74) is 3.44. The summed E-state index contributed by atoms with van der Waals surface area (Å²) in [5, 5.41) is 4.78. The molecular weight excluding hydrogens is 344 g/mol. The first-order chi connectivity index (χ1) is 12.8. The predicted molar refractivity (Wildman–Crippen MR) is 104 cm³/mol. The van der Waals surface area contributed by atoms with E-state index in [0.29, 0.717) is 10.6 Å². The predicted octanol–water partition coefficient (Wildman–Crippen LogP) is 4.50. The Hall–Kier alpha value is -3.12. The minimum atomic E-state index is -0.166. The standard InChI is InChI=1S/C20H16N4OS/c25-19(24-16-4-3-15-7-11-22-18(15)12-16)17-2-1-8-23-20(17)26-13-14-5-9-21-10-6-14/h1-12,22H,13H2,(H,24,25). The Morgan fingerprint density at radius 1 is 1.08 bits per heavy atom. The Labute approximate surface area is 154 Å². The smallest absolute Gasteiger partial charge is 0.258 e. The molecule has 6 heteroatoms. The Morgan fingerprint density at radius 2 is 1.96 bits per heavy atom. The second kappa shape index (κ2) is 7.41. The molecule has 3 aromatic heterocycles. The van der Waals surface area contributed by atoms with E-state index in [9.17, 15) is 4.79 Å². The van der Waals surface area contributed by atoms with Gasteiger partial charge >= 0.3 is 0 Å². The number of carbonyl (C=O) groups is 1. The van der Waals surface area contributed by atoms with E-state index >= 15 is 0 Å². The molecule has 5 nitrogen and oxygen atoms in total. The van der Waals surface area contributed by atoms with E-state index in [1.54, 1.807) is 30.7 Å². The largest absolute Gasteiger partial charge is 0.361 e. The first-order valence-corrected chi connectivity index (χ1v) is 9.13. The van der Waals surface area contributed by atoms with Gasteiger partial charge in [0.05, 0.1) is 5.56 Å². The third-order valence-electron chi connectivity index (χ3n) is 3.95. The summed E-state index contributed by atoms with van der Waals surface area (Å²) in [4.78, 5) is 24.3. The van der Waals surface area contributed by atoms with Gasteiger partial charge in [-0.25, -0.2) is 4.98 Å². The summed E-state index contributed by atoms with van der Waals surface area (Å²) in [6, 6.07) is 15.3. The van der Waals surface area contributed by atoms with E-state index in [4.69, 9.17) is 0 Å². The van der Waals surface area contributed by atoms with Gasteiger partial charge in [-0.15, -0.1) is 11.8 Å². The van der Waals surface area contributed by atoms with Gasteiger partial charge in [-0.3, -0.25) is 9.78 Å². The molecule has 0 bridgehead atoms. The van der Waals surface area contributed by atoms with Gasteiger partial charge in [-0.1, -0.05) is 6.07 Å². The van der Waals surface area contributed by atoms with Crippen LogP contribution in [-0.4, -0.2) is 20.9 Å². The number of amides is 1. The number of thioether (sulfide) groups is 1. The highest BCUT2D eigenvalue weighted by Gasteiger charge is 2.13. The van der Waals surface area contributed by atoms with Crippen molar-refractivity contribution in [3.63, 3.8) is 0 Å². The van der Waals surface area contributed by atoms with Crippen LogP contribution in [0.2, 0.25) is 0 Å². The Morgan fingerprint density at radius 3 is 2.85 bits per heavy atom. The van der Waals surface area contributed by atoms with Gasteiger partial charge in [0.1, 0.15) is 5.03 Å². The van der Waals surface area contributed by atoms with Gasteiger partial charge in [0, 0.05) is 41.7 Å². The van der Waals surface area contributed by atoms with E-state index in [2.05, 4.69) is 20.3 Å². The molecule has 0 radical (unpaired) electrons. The number of anilines is 1. The van der Waals surface area contributed by atoms with Gasteiger partial charge < -0.3 is 10.3 Å². The van der Waals surface area contributed by atoms with E-state index in [1.807, 2.05) is 42.6 Å². The maximum atomic E-state index is 12.7. The van der Waals surface area contributed by atoms with Crippen LogP contribution in [0.4, 0.5) is 5.69 Å². The molecule has 0 aliphatic carbocycles. The molecule has 0 aliphatic rings. The van der Waals surface area contributed by atoms with Gasteiger partial charge in [-0.2, -0.15) is 0 Å². The molecule has 0 fully saturated rings. The van der Waals surface area contributed by atoms with E-state index in [0.717, 1.165) is 27.9 Å². The topological polar surface area (TPSA) is 70.7 Å². The zero-order chi connectivity index (χ0) is 17.8. The average molecular weight is 360 g/mol. The van der Waals surface area contributed by atoms with E-state index < -0.39 is 0 Å². The Balaban J connectivity index is 1.52. The normalized spacial score (nSPS) is 10.8. The molecule has 0 saturated heterocycles. The number of fused-ring (bicyclic) bond motifs is 1. The van der Waals surface area contributed by atoms with Crippen LogP contribution < -0.4 is 5.32 Å². The Kier molecular flexibility index (Phi) is 4.66. The molecule has 4 aromatic rings. The lowest BCUT2D eigenvalue weighted by atomic mass is 10.2. The number of hydrogen-bond donors (Lipinski definition) is 2. The SMILES string of the molecule is O=C(Nc1ccc2cc[nH]c2c1)c1cccnc1SCc1ccncc1. The molecule has 0 saturated carbocycles. The van der Waals surface area contributed by atoms with E-state index in [-0.39, 0.29) is 5.91 Å². The molecule has 2 N–H and O–H groups in total. The first kappa shape index (κ1) is 16.4. The third-order valence-corrected chi connectivity index (χ3v) is 5.03. The number of rotatable bonds is 5. The van der Waals surface area contributed by atoms with Gasteiger partial charge in [0.15, 0.2) is 0 Å². The summed E-state index contributed by atoms with van der Waals surface area (Å²) in [5.74, 6) is 0.565. The van der Waals surface area contributed by atoms with Crippen molar-refractivity contribution in [3.05, 3.63) is 84.4 Å². The molecule has 26 heavy (non-hydrogen) atoms. The number of aromatic nitrogens is 3. The fourth-order valence-corrected chi connectivity index (χ4v) is 3.58. The van der Waals surface area contributed by atoms with Crippen LogP contribution in [0.25, 0.3) is 10.9 Å². The summed E-state index contributed by atoms with van der Waals surface area (Å²) in [7, 11) is 0. The molecule has 0 unspecified atom stereocenters. The van der Waals surface area contributed by atoms with Gasteiger partial charge in [-0.05, 0) is 53.4 Å². The maximum Gasteiger partial charge on any atom is 0.258 e. The van der Waals surface area contributed by atoms with Crippen LogP contribution in [0.15, 0.2) is 78.3 Å². The summed E-state index contributed by atoms with van der Waals surface area (Å²) in [6.07, 6.45) is 7.11. The van der Waals surface area contributed by atoms with Crippen LogP contribution in [0.1, 0.15) is 15.9 Å². The van der Waals surface area contributed by atoms with Crippen LogP contribution in [-0.2, 0) is 5.75 Å². The number of benzene rings is 1. The van der Waals surface area contributed by atoms with E-state index in [1.165, 1.54) is 11.8 Å². The first-order valence-electron chi connectivity index (χ1n) is 8.15. The molecule has 0 spiro atoms. The minimum Gasteiger partial charge on any atom is -0.361 e. The fourth-order valence-electron chi connectivity index (χ4n) is 2.63. The lowest BCUT2D eigenvalue weighted by Gasteiger charge is -2.09. The number of hydrogen-bond acceptors (Lipinski definition) is 4. The van der Waals surface area contributed by atoms with Crippen molar-refractivity contribution in [3.8, 4) is 0 Å². The van der Waals surface area contributed by atoms with Gasteiger partial charge in [0.2, 0.25) is 0 Å². The van der Waals surface area contributed by atoms with Crippen LogP contribution in [0.5, 0.6) is 0 Å². The highest BCUT2D eigenvalue weighted by molar-refractivity contribution is 7.98. The van der Waals surface area contributed by atoms with Gasteiger partial charge in [0.25, 0.3) is 5.91 Å². The molecular formula is C20H16N4OS. The van der Waals surface area contributed by atoms with Crippen molar-refractivity contribution in [2.75, 3.05) is 5.32 Å². The number of carbonyl (C=O) groups excluding carboxylic acids is 1. The van der Waals surface area contributed by atoms with Crippen molar-refractivity contribution in [2.45, 2.75) is 10.8 Å². The number of pyridine rings is 2. The van der Waals surface area contributed by atoms with Crippen molar-refractivity contribution in [2.24, 2.45) is 0 Å². The summed E-state index contributed by atoms with van der Waals surface area (Å²) in [6.45, 7) is 0. The number of H-pyrrole nitrogens is 1. The van der Waals surface area contributed by atoms with Crippen LogP contribution >= 0.6 is 11.8 Å². The lowest BCUT2D eigenvalue weighted by molar-refractivity contribution is 0.102. The second-order valence-electron chi connectivity index (χ2n) is 5.73. The summed E-state index contributed by atoms with van der Waals surface area (Å²) >= 11 is 1.54. The molecule has 0 atom stereocenters. The highest BCUT2D eigenvalue weighted by atomic mass is 32.2. The van der Waals surface area contributed by atoms with Crippen molar-refractivity contribution >= 4 is 34.3 Å². The van der Waals surface area contributed by atoms with Crippen LogP contribution in [0.3, 0.4) is 0 Å². The Bertz CT molecular complexity index is 1050. The molecule has 0 aliphatic heterocycles. The highest BCUT2D eigenvalue weighted by Crippen LogP contribution is 2.25. The monoisotopic (exact) mass is 360 g/mol. The molecule has 1 amide bonds. The zero-order valence-electron chi connectivity index (χ0n) is 13.8. The number of nitrogens with one attached hydrogen (secondary N) is 2. The third kappa shape index (κ3) is 3.60. The van der Waals surface area contributed by atoms with Crippen LogP contribution in [0, 0.1) is 0 Å².